The molecule has 1 aromatic heterocycles. The van der Waals surface area contributed by atoms with Crippen LogP contribution in [0.5, 0.6) is 5.75 Å². The van der Waals surface area contributed by atoms with E-state index in [0.717, 1.165) is 17.8 Å². The molecule has 1 aliphatic heterocycles. The Morgan fingerprint density at radius 1 is 1.21 bits per heavy atom. The number of nitrogens with one attached hydrogen (secondary N) is 1. The van der Waals surface area contributed by atoms with E-state index in [1.807, 2.05) is 0 Å². The Balaban J connectivity index is 1.48. The fourth-order valence-electron chi connectivity index (χ4n) is 3.87. The van der Waals surface area contributed by atoms with Crippen molar-refractivity contribution in [3.63, 3.8) is 0 Å². The molecule has 0 aliphatic carbocycles. The van der Waals surface area contributed by atoms with Gasteiger partial charge in [0.1, 0.15) is 17.7 Å². The largest absolute Gasteiger partial charge is 0.487 e. The van der Waals surface area contributed by atoms with Crippen molar-refractivity contribution < 1.29 is 22.7 Å². The summed E-state index contributed by atoms with van der Waals surface area (Å²) in [6.45, 7) is 4.50. The minimum Gasteiger partial charge on any atom is -0.487 e. The fraction of sp³-hybridized carbons (Fsp3) is 0.292. The van der Waals surface area contributed by atoms with E-state index in [4.69, 9.17) is 9.15 Å². The zero-order chi connectivity index (χ0) is 23.5. The number of aromatic nitrogens is 1. The van der Waals surface area contributed by atoms with Crippen molar-refractivity contribution >= 4 is 17.3 Å². The first-order valence-corrected chi connectivity index (χ1v) is 10.5. The summed E-state index contributed by atoms with van der Waals surface area (Å²) >= 11 is 0. The van der Waals surface area contributed by atoms with E-state index in [-0.39, 0.29) is 17.5 Å². The second-order valence-electron chi connectivity index (χ2n) is 7.81. The molecular weight excluding hydrogens is 430 g/mol. The first-order chi connectivity index (χ1) is 15.8. The van der Waals surface area contributed by atoms with Crippen molar-refractivity contribution in [2.45, 2.75) is 32.8 Å². The van der Waals surface area contributed by atoms with Crippen molar-refractivity contribution in [2.75, 3.05) is 23.3 Å². The van der Waals surface area contributed by atoms with E-state index in [1.54, 1.807) is 32.0 Å². The number of anilines is 2. The Morgan fingerprint density at radius 3 is 2.61 bits per heavy atom. The average molecular weight is 452 g/mol. The summed E-state index contributed by atoms with van der Waals surface area (Å²) in [5, 5.41) is 12.1. The molecule has 33 heavy (non-hydrogen) atoms. The lowest BCUT2D eigenvalue weighted by Crippen LogP contribution is -2.38. The SMILES string of the molecule is Cc1nc(C(=O)Nc2cc(C#N)ccc2N2CCC(Oc3ccc(F)cc3F)CC2)c(C)o1. The fourth-order valence-corrected chi connectivity index (χ4v) is 3.87. The van der Waals surface area contributed by atoms with Gasteiger partial charge in [-0.1, -0.05) is 0 Å². The van der Waals surface area contributed by atoms with E-state index in [2.05, 4.69) is 21.3 Å². The van der Waals surface area contributed by atoms with Crippen LogP contribution in [0, 0.1) is 36.8 Å². The van der Waals surface area contributed by atoms with Crippen LogP contribution in [0.15, 0.2) is 40.8 Å². The molecule has 0 spiro atoms. The van der Waals surface area contributed by atoms with Gasteiger partial charge in [-0.3, -0.25) is 4.79 Å². The Labute approximate surface area is 189 Å². The van der Waals surface area contributed by atoms with Crippen LogP contribution in [-0.4, -0.2) is 30.1 Å². The molecule has 9 heteroatoms. The molecule has 1 aliphatic rings. The zero-order valence-electron chi connectivity index (χ0n) is 18.2. The number of hydrogen-bond donors (Lipinski definition) is 1. The van der Waals surface area contributed by atoms with Gasteiger partial charge in [0.05, 0.1) is 23.0 Å². The van der Waals surface area contributed by atoms with Gasteiger partial charge in [0.2, 0.25) is 0 Å². The standard InChI is InChI=1S/C24H22F2N4O3/c1-14-23(28-15(2)32-14)24(31)29-20-11-16(13-27)3-5-21(20)30-9-7-18(8-10-30)33-22-6-4-17(25)12-19(22)26/h3-6,11-12,18H,7-10H2,1-2H3,(H,29,31). The molecule has 3 aromatic rings. The summed E-state index contributed by atoms with van der Waals surface area (Å²) in [6.07, 6.45) is 0.982. The van der Waals surface area contributed by atoms with E-state index >= 15 is 0 Å². The predicted octanol–water partition coefficient (Wildman–Crippen LogP) is 4.74. The van der Waals surface area contributed by atoms with Crippen molar-refractivity contribution in [3.05, 3.63) is 70.9 Å². The maximum absolute atomic E-state index is 13.9. The molecule has 1 N–H and O–H groups in total. The lowest BCUT2D eigenvalue weighted by atomic mass is 10.1. The number of hydrogen-bond acceptors (Lipinski definition) is 6. The number of piperidine rings is 1. The van der Waals surface area contributed by atoms with Crippen LogP contribution in [0.2, 0.25) is 0 Å². The topological polar surface area (TPSA) is 91.4 Å². The van der Waals surface area contributed by atoms with Gasteiger partial charge in [-0.25, -0.2) is 13.8 Å². The van der Waals surface area contributed by atoms with Gasteiger partial charge in [0.15, 0.2) is 23.2 Å². The van der Waals surface area contributed by atoms with Gasteiger partial charge in [-0.05, 0) is 37.3 Å². The van der Waals surface area contributed by atoms with Crippen LogP contribution in [0.25, 0.3) is 0 Å². The normalized spacial score (nSPS) is 14.1. The number of aryl methyl sites for hydroxylation is 2. The van der Waals surface area contributed by atoms with Crippen LogP contribution < -0.4 is 15.0 Å². The van der Waals surface area contributed by atoms with Crippen LogP contribution in [0.1, 0.15) is 40.5 Å². The van der Waals surface area contributed by atoms with Gasteiger partial charge >= 0.3 is 0 Å². The van der Waals surface area contributed by atoms with E-state index in [9.17, 15) is 18.8 Å². The predicted molar refractivity (Wildman–Crippen MR) is 117 cm³/mol. The number of oxazole rings is 1. The molecule has 0 unspecified atom stereocenters. The van der Waals surface area contributed by atoms with Crippen LogP contribution in [0.3, 0.4) is 0 Å². The number of ether oxygens (including phenoxy) is 1. The third-order valence-corrected chi connectivity index (χ3v) is 5.46. The smallest absolute Gasteiger partial charge is 0.277 e. The van der Waals surface area contributed by atoms with Crippen molar-refractivity contribution in [1.29, 1.82) is 5.26 Å². The highest BCUT2D eigenvalue weighted by Gasteiger charge is 2.25. The maximum Gasteiger partial charge on any atom is 0.277 e. The van der Waals surface area contributed by atoms with Gasteiger partial charge in [-0.2, -0.15) is 5.26 Å². The van der Waals surface area contributed by atoms with Crippen molar-refractivity contribution in [2.24, 2.45) is 0 Å². The summed E-state index contributed by atoms with van der Waals surface area (Å²) in [5.74, 6) is -0.976. The van der Waals surface area contributed by atoms with Crippen molar-refractivity contribution in [3.8, 4) is 11.8 Å². The zero-order valence-corrected chi connectivity index (χ0v) is 18.2. The van der Waals surface area contributed by atoms with Gasteiger partial charge in [-0.15, -0.1) is 0 Å². The number of nitriles is 1. The molecular formula is C24H22F2N4O3. The number of carbonyl (C=O) groups is 1. The molecule has 1 fully saturated rings. The second-order valence-corrected chi connectivity index (χ2v) is 7.81. The number of nitrogens with zero attached hydrogens (tertiary/aromatic N) is 3. The first-order valence-electron chi connectivity index (χ1n) is 10.5. The van der Waals surface area contributed by atoms with E-state index in [1.165, 1.54) is 6.07 Å². The summed E-state index contributed by atoms with van der Waals surface area (Å²) in [6, 6.07) is 10.4. The summed E-state index contributed by atoms with van der Waals surface area (Å²) in [4.78, 5) is 19.0. The Kier molecular flexibility index (Phi) is 6.27. The molecule has 2 aromatic carbocycles. The highest BCUT2D eigenvalue weighted by atomic mass is 19.1. The number of benzene rings is 2. The third kappa shape index (κ3) is 4.95. The lowest BCUT2D eigenvalue weighted by molar-refractivity contribution is 0.102. The number of rotatable bonds is 5. The Hall–Kier alpha value is -3.93. The Morgan fingerprint density at radius 2 is 1.97 bits per heavy atom. The lowest BCUT2D eigenvalue weighted by Gasteiger charge is -2.34. The molecule has 0 radical (unpaired) electrons. The first kappa shape index (κ1) is 22.3. The summed E-state index contributed by atoms with van der Waals surface area (Å²) < 4.78 is 38.1. The van der Waals surface area contributed by atoms with Crippen molar-refractivity contribution in [1.82, 2.24) is 4.98 Å². The van der Waals surface area contributed by atoms with E-state index < -0.39 is 17.5 Å². The molecule has 7 nitrogen and oxygen atoms in total. The molecule has 4 rings (SSSR count). The van der Waals surface area contributed by atoms with Crippen LogP contribution in [0.4, 0.5) is 20.2 Å². The average Bonchev–Trinajstić information content (AvgIpc) is 3.14. The number of halogens is 2. The molecule has 170 valence electrons. The minimum atomic E-state index is -0.729. The summed E-state index contributed by atoms with van der Waals surface area (Å²) in [5.41, 5.74) is 1.84. The molecule has 1 saturated heterocycles. The van der Waals surface area contributed by atoms with Crippen LogP contribution in [-0.2, 0) is 0 Å². The quantitative estimate of drug-likeness (QED) is 0.601. The highest BCUT2D eigenvalue weighted by molar-refractivity contribution is 6.05. The molecule has 1 amide bonds. The molecule has 0 atom stereocenters. The molecule has 0 saturated carbocycles. The Bertz CT molecular complexity index is 1230. The van der Waals surface area contributed by atoms with E-state index in [0.29, 0.717) is 48.8 Å². The van der Waals surface area contributed by atoms with Gasteiger partial charge < -0.3 is 19.4 Å². The highest BCUT2D eigenvalue weighted by Crippen LogP contribution is 2.31. The third-order valence-electron chi connectivity index (χ3n) is 5.46. The number of carbonyl (C=O) groups excluding carboxylic acids is 1. The molecule has 2 heterocycles. The molecule has 0 bridgehead atoms. The monoisotopic (exact) mass is 452 g/mol. The maximum atomic E-state index is 13.9. The minimum absolute atomic E-state index is 0.0273. The number of amides is 1. The summed E-state index contributed by atoms with van der Waals surface area (Å²) in [7, 11) is 0. The second kappa shape index (κ2) is 9.28. The van der Waals surface area contributed by atoms with Gasteiger partial charge in [0, 0.05) is 38.9 Å². The van der Waals surface area contributed by atoms with Crippen LogP contribution >= 0.6 is 0 Å². The van der Waals surface area contributed by atoms with Gasteiger partial charge in [0.25, 0.3) is 5.91 Å².